The maximum absolute atomic E-state index is 12.4. The second kappa shape index (κ2) is 11.3. The van der Waals surface area contributed by atoms with E-state index in [1.807, 2.05) is 41.5 Å². The molecule has 0 saturated heterocycles. The lowest BCUT2D eigenvalue weighted by Gasteiger charge is -2.22. The summed E-state index contributed by atoms with van der Waals surface area (Å²) in [5.41, 5.74) is 0.818. The summed E-state index contributed by atoms with van der Waals surface area (Å²) in [6.07, 6.45) is 4.57. The maximum Gasteiger partial charge on any atom is 0.334 e. The molecule has 23 heavy (non-hydrogen) atoms. The molecule has 0 heterocycles. The maximum atomic E-state index is 12.4. The molecule has 0 aliphatic heterocycles. The first-order valence-corrected chi connectivity index (χ1v) is 8.83. The quantitative estimate of drug-likeness (QED) is 0.328. The molecule has 0 aromatic rings. The van der Waals surface area contributed by atoms with Crippen molar-refractivity contribution in [1.29, 1.82) is 0 Å². The zero-order valence-electron chi connectivity index (χ0n) is 15.8. The summed E-state index contributed by atoms with van der Waals surface area (Å²) in [4.78, 5) is 24.8. The van der Waals surface area contributed by atoms with E-state index in [9.17, 15) is 9.59 Å². The molecule has 0 N–H and O–H groups in total. The minimum atomic E-state index is -0.382. The number of hydrogen-bond donors (Lipinski definition) is 0. The van der Waals surface area contributed by atoms with Gasteiger partial charge in [0.2, 0.25) is 0 Å². The average molecular weight is 326 g/mol. The van der Waals surface area contributed by atoms with Crippen LogP contribution in [0.5, 0.6) is 0 Å². The van der Waals surface area contributed by atoms with E-state index in [4.69, 9.17) is 9.47 Å². The van der Waals surface area contributed by atoms with Crippen molar-refractivity contribution in [3.63, 3.8) is 0 Å². The SMILES string of the molecule is CCCCOC(=O)/C(CC)=C(/CC(C)(C)C)C(=O)OCCCC. The zero-order chi connectivity index (χ0) is 17.9. The Balaban J connectivity index is 5.28. The van der Waals surface area contributed by atoms with Crippen molar-refractivity contribution >= 4 is 11.9 Å². The highest BCUT2D eigenvalue weighted by atomic mass is 16.5. The molecular formula is C19H34O4. The van der Waals surface area contributed by atoms with E-state index >= 15 is 0 Å². The number of rotatable bonds is 10. The van der Waals surface area contributed by atoms with Gasteiger partial charge < -0.3 is 9.47 Å². The largest absolute Gasteiger partial charge is 0.462 e. The lowest BCUT2D eigenvalue weighted by molar-refractivity contribution is -0.142. The van der Waals surface area contributed by atoms with E-state index in [2.05, 4.69) is 0 Å². The Labute approximate surface area is 141 Å². The van der Waals surface area contributed by atoms with Crippen molar-refractivity contribution in [2.45, 2.75) is 80.1 Å². The van der Waals surface area contributed by atoms with Gasteiger partial charge in [-0.1, -0.05) is 54.4 Å². The van der Waals surface area contributed by atoms with Crippen LogP contribution in [0.1, 0.15) is 80.1 Å². The van der Waals surface area contributed by atoms with Crippen LogP contribution in [-0.2, 0) is 19.1 Å². The van der Waals surface area contributed by atoms with Crippen molar-refractivity contribution in [2.24, 2.45) is 5.41 Å². The first kappa shape index (κ1) is 21.7. The topological polar surface area (TPSA) is 52.6 Å². The summed E-state index contributed by atoms with van der Waals surface area (Å²) in [7, 11) is 0. The molecule has 4 heteroatoms. The van der Waals surface area contributed by atoms with E-state index in [1.54, 1.807) is 0 Å². The summed E-state index contributed by atoms with van der Waals surface area (Å²) in [6, 6.07) is 0. The van der Waals surface area contributed by atoms with Gasteiger partial charge in [-0.25, -0.2) is 9.59 Å². The smallest absolute Gasteiger partial charge is 0.334 e. The number of esters is 2. The van der Waals surface area contributed by atoms with Gasteiger partial charge in [0.15, 0.2) is 0 Å². The van der Waals surface area contributed by atoms with Gasteiger partial charge in [0, 0.05) is 11.1 Å². The molecule has 0 aromatic carbocycles. The fraction of sp³-hybridized carbons (Fsp3) is 0.789. The number of hydrogen-bond acceptors (Lipinski definition) is 4. The van der Waals surface area contributed by atoms with Crippen molar-refractivity contribution in [3.05, 3.63) is 11.1 Å². The summed E-state index contributed by atoms with van der Waals surface area (Å²) in [6.45, 7) is 12.9. The van der Waals surface area contributed by atoms with Gasteiger partial charge in [0.25, 0.3) is 0 Å². The number of ether oxygens (including phenoxy) is 2. The first-order chi connectivity index (χ1) is 10.8. The van der Waals surface area contributed by atoms with Gasteiger partial charge in [0.05, 0.1) is 13.2 Å². The Kier molecular flexibility index (Phi) is 10.6. The first-order valence-electron chi connectivity index (χ1n) is 8.83. The third kappa shape index (κ3) is 9.42. The molecule has 0 aromatic heterocycles. The lowest BCUT2D eigenvalue weighted by Crippen LogP contribution is -2.21. The third-order valence-electron chi connectivity index (χ3n) is 3.38. The van der Waals surface area contributed by atoms with E-state index in [0.717, 1.165) is 25.7 Å². The van der Waals surface area contributed by atoms with Gasteiger partial charge in [-0.05, 0) is 31.1 Å². The molecule has 0 unspecified atom stereocenters. The molecule has 0 atom stereocenters. The van der Waals surface area contributed by atoms with Crippen LogP contribution in [0, 0.1) is 5.41 Å². The second-order valence-electron chi connectivity index (χ2n) is 7.03. The second-order valence-corrected chi connectivity index (χ2v) is 7.03. The molecule has 0 radical (unpaired) electrons. The Morgan fingerprint density at radius 2 is 1.22 bits per heavy atom. The highest BCUT2D eigenvalue weighted by Gasteiger charge is 2.26. The molecule has 0 aliphatic rings. The van der Waals surface area contributed by atoms with Gasteiger partial charge in [-0.3, -0.25) is 0 Å². The number of unbranched alkanes of at least 4 members (excludes halogenated alkanes) is 2. The standard InChI is InChI=1S/C19H34O4/c1-7-10-12-22-17(20)15(9-3)16(14-19(4,5)6)18(21)23-13-11-8-2/h7-14H2,1-6H3/b16-15-. The predicted molar refractivity (Wildman–Crippen MR) is 93.1 cm³/mol. The Bertz CT molecular complexity index is 402. The van der Waals surface area contributed by atoms with Crippen LogP contribution in [-0.4, -0.2) is 25.2 Å². The van der Waals surface area contributed by atoms with Crippen molar-refractivity contribution in [2.75, 3.05) is 13.2 Å². The van der Waals surface area contributed by atoms with Crippen LogP contribution >= 0.6 is 0 Å². The minimum absolute atomic E-state index is 0.108. The van der Waals surface area contributed by atoms with E-state index < -0.39 is 0 Å². The molecule has 4 nitrogen and oxygen atoms in total. The third-order valence-corrected chi connectivity index (χ3v) is 3.38. The Hall–Kier alpha value is -1.32. The molecule has 0 spiro atoms. The Morgan fingerprint density at radius 3 is 1.57 bits per heavy atom. The molecule has 134 valence electrons. The Morgan fingerprint density at radius 1 is 0.783 bits per heavy atom. The molecule has 0 fully saturated rings. The lowest BCUT2D eigenvalue weighted by atomic mass is 9.85. The summed E-state index contributed by atoms with van der Waals surface area (Å²) >= 11 is 0. The number of carbonyl (C=O) groups is 2. The summed E-state index contributed by atoms with van der Waals surface area (Å²) in [5, 5.41) is 0. The van der Waals surface area contributed by atoms with E-state index in [-0.39, 0.29) is 17.4 Å². The highest BCUT2D eigenvalue weighted by molar-refractivity contribution is 6.00. The van der Waals surface area contributed by atoms with Crippen LogP contribution in [0.4, 0.5) is 0 Å². The fourth-order valence-electron chi connectivity index (χ4n) is 2.11. The van der Waals surface area contributed by atoms with E-state index in [0.29, 0.717) is 37.2 Å². The van der Waals surface area contributed by atoms with Gasteiger partial charge in [0.1, 0.15) is 0 Å². The molecular weight excluding hydrogens is 292 g/mol. The summed E-state index contributed by atoms with van der Waals surface area (Å²) in [5.74, 6) is -0.759. The van der Waals surface area contributed by atoms with E-state index in [1.165, 1.54) is 0 Å². The molecule has 0 saturated carbocycles. The average Bonchev–Trinajstić information content (AvgIpc) is 2.46. The van der Waals surface area contributed by atoms with Crippen LogP contribution < -0.4 is 0 Å². The van der Waals surface area contributed by atoms with Gasteiger partial charge in [-0.2, -0.15) is 0 Å². The summed E-state index contributed by atoms with van der Waals surface area (Å²) < 4.78 is 10.6. The normalized spacial score (nSPS) is 12.6. The van der Waals surface area contributed by atoms with Crippen LogP contribution in [0.25, 0.3) is 0 Å². The molecule has 0 rings (SSSR count). The monoisotopic (exact) mass is 326 g/mol. The van der Waals surface area contributed by atoms with Gasteiger partial charge in [-0.15, -0.1) is 0 Å². The van der Waals surface area contributed by atoms with Gasteiger partial charge >= 0.3 is 11.9 Å². The highest BCUT2D eigenvalue weighted by Crippen LogP contribution is 2.28. The van der Waals surface area contributed by atoms with Crippen molar-refractivity contribution < 1.29 is 19.1 Å². The predicted octanol–water partition coefficient (Wildman–Crippen LogP) is 4.82. The minimum Gasteiger partial charge on any atom is -0.462 e. The fourth-order valence-corrected chi connectivity index (χ4v) is 2.11. The molecule has 0 bridgehead atoms. The van der Waals surface area contributed by atoms with Crippen LogP contribution in [0.3, 0.4) is 0 Å². The van der Waals surface area contributed by atoms with Crippen LogP contribution in [0.15, 0.2) is 11.1 Å². The zero-order valence-corrected chi connectivity index (χ0v) is 15.8. The van der Waals surface area contributed by atoms with Crippen LogP contribution in [0.2, 0.25) is 0 Å². The number of carbonyl (C=O) groups excluding carboxylic acids is 2. The van der Waals surface area contributed by atoms with Crippen molar-refractivity contribution in [1.82, 2.24) is 0 Å². The molecule has 0 aliphatic carbocycles. The van der Waals surface area contributed by atoms with Crippen molar-refractivity contribution in [3.8, 4) is 0 Å². The molecule has 0 amide bonds.